The molecule has 0 unspecified atom stereocenters. The molecule has 122 valence electrons. The van der Waals surface area contributed by atoms with E-state index in [4.69, 9.17) is 5.14 Å². The molecule has 0 aromatic heterocycles. The van der Waals surface area contributed by atoms with Gasteiger partial charge in [0.25, 0.3) is 0 Å². The van der Waals surface area contributed by atoms with Crippen LogP contribution in [0.25, 0.3) is 0 Å². The Labute approximate surface area is 134 Å². The van der Waals surface area contributed by atoms with Crippen LogP contribution in [-0.4, -0.2) is 14.3 Å². The third kappa shape index (κ3) is 5.80. The molecule has 2 aromatic rings. The molecule has 0 heterocycles. The molecule has 0 aliphatic rings. The van der Waals surface area contributed by atoms with Crippen LogP contribution in [0.3, 0.4) is 0 Å². The molecule has 0 saturated carbocycles. The summed E-state index contributed by atoms with van der Waals surface area (Å²) < 4.78 is 35.4. The second kappa shape index (κ2) is 7.34. The summed E-state index contributed by atoms with van der Waals surface area (Å²) in [7, 11) is -3.58. The third-order valence-corrected chi connectivity index (χ3v) is 3.92. The zero-order valence-electron chi connectivity index (χ0n) is 12.3. The van der Waals surface area contributed by atoms with Crippen molar-refractivity contribution in [2.75, 3.05) is 5.32 Å². The minimum absolute atomic E-state index is 0.153. The Morgan fingerprint density at radius 3 is 2.35 bits per heavy atom. The van der Waals surface area contributed by atoms with Crippen LogP contribution in [0.5, 0.6) is 0 Å². The molecule has 0 fully saturated rings. The molecule has 2 rings (SSSR count). The zero-order chi connectivity index (χ0) is 16.9. The highest BCUT2D eigenvalue weighted by Crippen LogP contribution is 2.13. The van der Waals surface area contributed by atoms with E-state index in [2.05, 4.69) is 5.32 Å². The van der Waals surface area contributed by atoms with Gasteiger partial charge in [-0.05, 0) is 35.7 Å². The predicted octanol–water partition coefficient (Wildman–Crippen LogP) is 2.19. The lowest BCUT2D eigenvalue weighted by molar-refractivity contribution is -0.116. The highest BCUT2D eigenvalue weighted by Gasteiger charge is 2.08. The molecule has 0 saturated heterocycles. The van der Waals surface area contributed by atoms with Gasteiger partial charge in [0.1, 0.15) is 5.82 Å². The Bertz CT molecular complexity index is 789. The maximum atomic E-state index is 13.5. The molecule has 3 N–H and O–H groups in total. The molecule has 5 nitrogen and oxygen atoms in total. The number of nitrogens with one attached hydrogen (secondary N) is 1. The van der Waals surface area contributed by atoms with Gasteiger partial charge in [-0.3, -0.25) is 4.79 Å². The number of carbonyl (C=O) groups excluding carboxylic acids is 1. The number of anilines is 1. The highest BCUT2D eigenvalue weighted by molar-refractivity contribution is 7.88. The van der Waals surface area contributed by atoms with Crippen LogP contribution in [0.15, 0.2) is 48.5 Å². The van der Waals surface area contributed by atoms with Crippen LogP contribution in [-0.2, 0) is 27.0 Å². The number of benzene rings is 2. The lowest BCUT2D eigenvalue weighted by Crippen LogP contribution is -2.15. The van der Waals surface area contributed by atoms with Crippen LogP contribution in [0.2, 0.25) is 0 Å². The van der Waals surface area contributed by atoms with Crippen molar-refractivity contribution >= 4 is 21.6 Å². The van der Waals surface area contributed by atoms with Gasteiger partial charge in [0.05, 0.1) is 5.75 Å². The standard InChI is InChI=1S/C16H17FN2O3S/c17-15-4-2-1-3-13(15)7-10-16(20)19-14-8-5-12(6-9-14)11-23(18,21)22/h1-6,8-9H,7,10-11H2,(H,19,20)(H2,18,21,22). The smallest absolute Gasteiger partial charge is 0.224 e. The van der Waals surface area contributed by atoms with E-state index in [1.165, 1.54) is 6.07 Å². The molecule has 0 spiro atoms. The molecule has 0 atom stereocenters. The summed E-state index contributed by atoms with van der Waals surface area (Å²) in [5.41, 5.74) is 1.57. The summed E-state index contributed by atoms with van der Waals surface area (Å²) in [5, 5.41) is 7.64. The summed E-state index contributed by atoms with van der Waals surface area (Å²) in [6.07, 6.45) is 0.460. The van der Waals surface area contributed by atoms with E-state index in [0.29, 0.717) is 23.2 Å². The van der Waals surface area contributed by atoms with Gasteiger partial charge in [0.2, 0.25) is 15.9 Å². The van der Waals surface area contributed by atoms with Crippen molar-refractivity contribution < 1.29 is 17.6 Å². The van der Waals surface area contributed by atoms with Gasteiger partial charge in [-0.1, -0.05) is 30.3 Å². The van der Waals surface area contributed by atoms with Gasteiger partial charge >= 0.3 is 0 Å². The third-order valence-electron chi connectivity index (χ3n) is 3.18. The average Bonchev–Trinajstić information content (AvgIpc) is 2.47. The van der Waals surface area contributed by atoms with Crippen molar-refractivity contribution in [1.29, 1.82) is 0 Å². The lowest BCUT2D eigenvalue weighted by atomic mass is 10.1. The van der Waals surface area contributed by atoms with Gasteiger partial charge < -0.3 is 5.32 Å². The van der Waals surface area contributed by atoms with Crippen molar-refractivity contribution in [2.45, 2.75) is 18.6 Å². The van der Waals surface area contributed by atoms with Crippen molar-refractivity contribution in [2.24, 2.45) is 5.14 Å². The summed E-state index contributed by atoms with van der Waals surface area (Å²) in [6.45, 7) is 0. The first-order valence-electron chi connectivity index (χ1n) is 6.96. The van der Waals surface area contributed by atoms with Gasteiger partial charge in [-0.2, -0.15) is 0 Å². The molecule has 0 radical (unpaired) electrons. The first-order valence-corrected chi connectivity index (χ1v) is 8.68. The van der Waals surface area contributed by atoms with Gasteiger partial charge in [0, 0.05) is 12.1 Å². The predicted molar refractivity (Wildman–Crippen MR) is 86.6 cm³/mol. The van der Waals surface area contributed by atoms with Gasteiger partial charge in [-0.25, -0.2) is 17.9 Å². The number of nitrogens with two attached hydrogens (primary N) is 1. The number of halogens is 1. The van der Waals surface area contributed by atoms with Crippen LogP contribution < -0.4 is 10.5 Å². The highest BCUT2D eigenvalue weighted by atomic mass is 32.2. The first kappa shape index (κ1) is 17.1. The Hall–Kier alpha value is -2.25. The zero-order valence-corrected chi connectivity index (χ0v) is 13.1. The van der Waals surface area contributed by atoms with Crippen LogP contribution in [0.4, 0.5) is 10.1 Å². The number of primary sulfonamides is 1. The number of amides is 1. The number of hydrogen-bond acceptors (Lipinski definition) is 3. The molecule has 1 amide bonds. The normalized spacial score (nSPS) is 11.2. The number of rotatable bonds is 6. The fourth-order valence-corrected chi connectivity index (χ4v) is 2.75. The summed E-state index contributed by atoms with van der Waals surface area (Å²) in [4.78, 5) is 11.9. The van der Waals surface area contributed by atoms with Crippen LogP contribution in [0.1, 0.15) is 17.5 Å². The Kier molecular flexibility index (Phi) is 5.46. The Morgan fingerprint density at radius 2 is 1.74 bits per heavy atom. The maximum absolute atomic E-state index is 13.5. The van der Waals surface area contributed by atoms with E-state index in [9.17, 15) is 17.6 Å². The van der Waals surface area contributed by atoms with Gasteiger partial charge in [0.15, 0.2) is 0 Å². The molecule has 23 heavy (non-hydrogen) atoms. The van der Waals surface area contributed by atoms with Crippen molar-refractivity contribution in [3.8, 4) is 0 Å². The number of aryl methyl sites for hydroxylation is 1. The van der Waals surface area contributed by atoms with Crippen molar-refractivity contribution in [3.05, 3.63) is 65.5 Å². The number of carbonyl (C=O) groups is 1. The molecular weight excluding hydrogens is 319 g/mol. The van der Waals surface area contributed by atoms with E-state index in [1.54, 1.807) is 42.5 Å². The molecule has 2 aromatic carbocycles. The molecule has 0 aliphatic carbocycles. The summed E-state index contributed by atoms with van der Waals surface area (Å²) in [5.74, 6) is -0.825. The lowest BCUT2D eigenvalue weighted by Gasteiger charge is -2.07. The van der Waals surface area contributed by atoms with Crippen LogP contribution >= 0.6 is 0 Å². The first-order chi connectivity index (χ1) is 10.8. The van der Waals surface area contributed by atoms with E-state index in [0.717, 1.165) is 0 Å². The maximum Gasteiger partial charge on any atom is 0.224 e. The SMILES string of the molecule is NS(=O)(=O)Cc1ccc(NC(=O)CCc2ccccc2F)cc1. The fourth-order valence-electron chi connectivity index (χ4n) is 2.09. The number of sulfonamides is 1. The second-order valence-corrected chi connectivity index (χ2v) is 6.76. The molecule has 0 bridgehead atoms. The summed E-state index contributed by atoms with van der Waals surface area (Å²) >= 11 is 0. The minimum Gasteiger partial charge on any atom is -0.326 e. The quantitative estimate of drug-likeness (QED) is 0.847. The van der Waals surface area contributed by atoms with E-state index < -0.39 is 10.0 Å². The fraction of sp³-hybridized carbons (Fsp3) is 0.188. The second-order valence-electron chi connectivity index (χ2n) is 5.14. The van der Waals surface area contributed by atoms with E-state index in [1.807, 2.05) is 0 Å². The molecular formula is C16H17FN2O3S. The average molecular weight is 336 g/mol. The van der Waals surface area contributed by atoms with Crippen molar-refractivity contribution in [3.63, 3.8) is 0 Å². The van der Waals surface area contributed by atoms with E-state index in [-0.39, 0.29) is 23.9 Å². The van der Waals surface area contributed by atoms with Gasteiger partial charge in [-0.15, -0.1) is 0 Å². The molecule has 0 aliphatic heterocycles. The summed E-state index contributed by atoms with van der Waals surface area (Å²) in [6, 6.07) is 12.7. The Morgan fingerprint density at radius 1 is 1.09 bits per heavy atom. The molecule has 7 heteroatoms. The van der Waals surface area contributed by atoms with E-state index >= 15 is 0 Å². The topological polar surface area (TPSA) is 89.3 Å². The van der Waals surface area contributed by atoms with Crippen LogP contribution in [0, 0.1) is 5.82 Å². The number of hydrogen-bond donors (Lipinski definition) is 2. The monoisotopic (exact) mass is 336 g/mol. The van der Waals surface area contributed by atoms with Crippen molar-refractivity contribution in [1.82, 2.24) is 0 Å². The minimum atomic E-state index is -3.58. The largest absolute Gasteiger partial charge is 0.326 e. The Balaban J connectivity index is 1.89.